The van der Waals surface area contributed by atoms with E-state index in [4.69, 9.17) is 9.97 Å². The Bertz CT molecular complexity index is 2590. The van der Waals surface area contributed by atoms with Crippen molar-refractivity contribution in [3.8, 4) is 22.9 Å². The van der Waals surface area contributed by atoms with E-state index in [1.807, 2.05) is 0 Å². The third-order valence-electron chi connectivity index (χ3n) is 8.72. The van der Waals surface area contributed by atoms with Crippen LogP contribution in [0.5, 0.6) is 0 Å². The smallest absolute Gasteiger partial charge is 0.235 e. The van der Waals surface area contributed by atoms with E-state index in [1.165, 1.54) is 42.4 Å². The zero-order valence-corrected chi connectivity index (χ0v) is 23.7. The summed E-state index contributed by atoms with van der Waals surface area (Å²) >= 11 is 1.80. The molecule has 0 amide bonds. The van der Waals surface area contributed by atoms with Crippen LogP contribution >= 0.6 is 11.8 Å². The first kappa shape index (κ1) is 23.2. The van der Waals surface area contributed by atoms with Crippen molar-refractivity contribution in [2.45, 2.75) is 9.79 Å². The van der Waals surface area contributed by atoms with Crippen LogP contribution in [0, 0.1) is 0 Å². The number of fused-ring (bicyclic) bond motifs is 8. The minimum absolute atomic E-state index is 0.693. The zero-order chi connectivity index (χ0) is 28.1. The Morgan fingerprint density at radius 3 is 1.88 bits per heavy atom. The highest BCUT2D eigenvalue weighted by Crippen LogP contribution is 2.47. The fourth-order valence-electron chi connectivity index (χ4n) is 6.89. The highest BCUT2D eigenvalue weighted by molar-refractivity contribution is 7.99. The number of rotatable bonds is 2. The minimum atomic E-state index is 0.693. The van der Waals surface area contributed by atoms with Crippen LogP contribution in [0.4, 0.5) is 0 Å². The maximum atomic E-state index is 5.34. The molecule has 0 radical (unpaired) electrons. The van der Waals surface area contributed by atoms with Crippen molar-refractivity contribution >= 4 is 66.3 Å². The average molecular weight is 567 g/mol. The summed E-state index contributed by atoms with van der Waals surface area (Å²) in [7, 11) is 0. The van der Waals surface area contributed by atoms with Crippen molar-refractivity contribution in [1.82, 2.24) is 19.1 Å². The molecular formula is C38H22N4S. The number of nitrogens with zero attached hydrogens (tertiary/aromatic N) is 4. The molecule has 0 N–H and O–H groups in total. The fraction of sp³-hybridized carbons (Fsp3) is 0. The molecular weight excluding hydrogens is 545 g/mol. The number of hydrogen-bond donors (Lipinski definition) is 0. The van der Waals surface area contributed by atoms with Crippen molar-refractivity contribution in [1.29, 1.82) is 0 Å². The molecule has 0 saturated heterocycles. The van der Waals surface area contributed by atoms with Gasteiger partial charge in [0.2, 0.25) is 5.95 Å². The zero-order valence-electron chi connectivity index (χ0n) is 22.9. The Morgan fingerprint density at radius 2 is 1.09 bits per heavy atom. The third kappa shape index (κ3) is 3.17. The third-order valence-corrected chi connectivity index (χ3v) is 9.85. The average Bonchev–Trinajstić information content (AvgIpc) is 3.56. The van der Waals surface area contributed by atoms with Gasteiger partial charge in [0.05, 0.1) is 33.3 Å². The molecule has 9 aromatic rings. The van der Waals surface area contributed by atoms with E-state index in [-0.39, 0.29) is 0 Å². The Hall–Kier alpha value is -5.39. The van der Waals surface area contributed by atoms with Crippen LogP contribution in [0.1, 0.15) is 0 Å². The lowest BCUT2D eigenvalue weighted by Crippen LogP contribution is -2.05. The maximum absolute atomic E-state index is 5.34. The van der Waals surface area contributed by atoms with Crippen molar-refractivity contribution in [2.24, 2.45) is 0 Å². The van der Waals surface area contributed by atoms with Gasteiger partial charge < -0.3 is 4.57 Å². The molecule has 0 bridgehead atoms. The normalized spacial score (nSPS) is 12.6. The highest BCUT2D eigenvalue weighted by Gasteiger charge is 2.24. The van der Waals surface area contributed by atoms with Crippen molar-refractivity contribution in [2.75, 3.05) is 0 Å². The van der Waals surface area contributed by atoms with Gasteiger partial charge in [0, 0.05) is 48.0 Å². The Kier molecular flexibility index (Phi) is 4.62. The number of aromatic nitrogens is 4. The second-order valence-corrected chi connectivity index (χ2v) is 12.1. The second-order valence-electron chi connectivity index (χ2n) is 11.0. The quantitative estimate of drug-likeness (QED) is 0.209. The van der Waals surface area contributed by atoms with Crippen LogP contribution in [0.3, 0.4) is 0 Å². The summed E-state index contributed by atoms with van der Waals surface area (Å²) in [6, 6.07) is 47.6. The largest absolute Gasteiger partial charge is 0.309 e. The van der Waals surface area contributed by atoms with Crippen LogP contribution < -0.4 is 0 Å². The molecule has 43 heavy (non-hydrogen) atoms. The van der Waals surface area contributed by atoms with Crippen LogP contribution in [0.25, 0.3) is 77.4 Å². The predicted octanol–water partition coefficient (Wildman–Crippen LogP) is 9.96. The van der Waals surface area contributed by atoms with E-state index >= 15 is 0 Å². The Labute approximate surface area is 250 Å². The summed E-state index contributed by atoms with van der Waals surface area (Å²) in [5, 5.41) is 5.94. The minimum Gasteiger partial charge on any atom is -0.309 e. The summed E-state index contributed by atoms with van der Waals surface area (Å²) in [6.45, 7) is 0. The molecule has 1 aliphatic heterocycles. The topological polar surface area (TPSA) is 35.6 Å². The molecule has 200 valence electrons. The van der Waals surface area contributed by atoms with Crippen molar-refractivity contribution in [3.63, 3.8) is 0 Å². The van der Waals surface area contributed by atoms with E-state index in [1.54, 1.807) is 11.8 Å². The first-order chi connectivity index (χ1) is 21.3. The monoisotopic (exact) mass is 566 g/mol. The molecule has 0 aliphatic carbocycles. The van der Waals surface area contributed by atoms with Gasteiger partial charge in [-0.05, 0) is 54.6 Å². The van der Waals surface area contributed by atoms with Crippen molar-refractivity contribution in [3.05, 3.63) is 133 Å². The molecule has 3 aromatic heterocycles. The molecule has 6 aromatic carbocycles. The Balaban J connectivity index is 1.35. The van der Waals surface area contributed by atoms with Gasteiger partial charge in [-0.3, -0.25) is 4.57 Å². The summed E-state index contributed by atoms with van der Waals surface area (Å²) in [6.07, 6.45) is 0. The first-order valence-corrected chi connectivity index (χ1v) is 15.3. The summed E-state index contributed by atoms with van der Waals surface area (Å²) in [5.41, 5.74) is 8.86. The van der Waals surface area contributed by atoms with Gasteiger partial charge in [0.1, 0.15) is 0 Å². The number of benzene rings is 6. The lowest BCUT2D eigenvalue weighted by Gasteiger charge is -2.20. The molecule has 4 heterocycles. The molecule has 1 aliphatic rings. The molecule has 0 spiro atoms. The van der Waals surface area contributed by atoms with E-state index in [0.717, 1.165) is 38.9 Å². The van der Waals surface area contributed by atoms with E-state index < -0.39 is 0 Å². The SMILES string of the molecule is c1ccc(-n2c3ccccc3c3cc4c(cc32)c2ccccc2n4-c2nc3c4c(cccc4n2)Sc2ccccc2-3)cc1. The molecule has 0 unspecified atom stereocenters. The number of para-hydroxylation sites is 3. The van der Waals surface area contributed by atoms with E-state index in [0.29, 0.717) is 5.95 Å². The fourth-order valence-corrected chi connectivity index (χ4v) is 8.00. The van der Waals surface area contributed by atoms with Crippen molar-refractivity contribution < 1.29 is 0 Å². The van der Waals surface area contributed by atoms with Gasteiger partial charge in [-0.25, -0.2) is 9.97 Å². The summed E-state index contributed by atoms with van der Waals surface area (Å²) in [4.78, 5) is 13.0. The lowest BCUT2D eigenvalue weighted by molar-refractivity contribution is 1.01. The molecule has 10 rings (SSSR count). The molecule has 0 fully saturated rings. The lowest BCUT2D eigenvalue weighted by atomic mass is 10.1. The molecule has 4 nitrogen and oxygen atoms in total. The molecule has 5 heteroatoms. The van der Waals surface area contributed by atoms with Gasteiger partial charge in [-0.2, -0.15) is 0 Å². The molecule has 0 saturated carbocycles. The second kappa shape index (κ2) is 8.57. The van der Waals surface area contributed by atoms with Crippen LogP contribution in [0.2, 0.25) is 0 Å². The van der Waals surface area contributed by atoms with Gasteiger partial charge >= 0.3 is 0 Å². The van der Waals surface area contributed by atoms with Gasteiger partial charge in [0.15, 0.2) is 0 Å². The molecule has 0 atom stereocenters. The van der Waals surface area contributed by atoms with Gasteiger partial charge in [-0.15, -0.1) is 0 Å². The van der Waals surface area contributed by atoms with E-state index in [2.05, 4.69) is 143 Å². The van der Waals surface area contributed by atoms with E-state index in [9.17, 15) is 0 Å². The standard InChI is InChI=1S/C38H22N4S/c1-2-11-23(12-3-1)41-30-17-7-4-13-24(30)27-22-33-28(21-32(27)41)25-14-5-8-18-31(25)42(33)38-39-29-16-10-20-35-36(29)37(40-38)26-15-6-9-19-34(26)43-35/h1-22H. The maximum Gasteiger partial charge on any atom is 0.235 e. The first-order valence-electron chi connectivity index (χ1n) is 14.4. The van der Waals surface area contributed by atoms with Crippen LogP contribution in [-0.2, 0) is 0 Å². The number of hydrogen-bond acceptors (Lipinski definition) is 3. The predicted molar refractivity (Wildman–Crippen MR) is 178 cm³/mol. The van der Waals surface area contributed by atoms with Gasteiger partial charge in [0.25, 0.3) is 0 Å². The summed E-state index contributed by atoms with van der Waals surface area (Å²) in [5.74, 6) is 0.693. The van der Waals surface area contributed by atoms with Crippen LogP contribution in [0.15, 0.2) is 143 Å². The van der Waals surface area contributed by atoms with Gasteiger partial charge in [-0.1, -0.05) is 90.6 Å². The Morgan fingerprint density at radius 1 is 0.465 bits per heavy atom. The summed E-state index contributed by atoms with van der Waals surface area (Å²) < 4.78 is 4.63. The highest BCUT2D eigenvalue weighted by atomic mass is 32.2. The van der Waals surface area contributed by atoms with Crippen LogP contribution in [-0.4, -0.2) is 19.1 Å².